The first-order valence-electron chi connectivity index (χ1n) is 7.53. The fourth-order valence-electron chi connectivity index (χ4n) is 2.85. The molecule has 1 N–H and O–H groups in total. The predicted octanol–water partition coefficient (Wildman–Crippen LogP) is 0.744. The van der Waals surface area contributed by atoms with Crippen molar-refractivity contribution in [1.29, 1.82) is 0 Å². The van der Waals surface area contributed by atoms with Crippen LogP contribution in [0.3, 0.4) is 0 Å². The van der Waals surface area contributed by atoms with Crippen LogP contribution >= 0.6 is 0 Å². The fourth-order valence-corrected chi connectivity index (χ4v) is 2.85. The van der Waals surface area contributed by atoms with E-state index in [0.717, 1.165) is 0 Å². The Bertz CT molecular complexity index is 1060. The van der Waals surface area contributed by atoms with E-state index in [1.165, 1.54) is 28.9 Å². The van der Waals surface area contributed by atoms with E-state index in [2.05, 4.69) is 15.1 Å². The van der Waals surface area contributed by atoms with E-state index in [1.54, 1.807) is 20.9 Å². The van der Waals surface area contributed by atoms with E-state index in [4.69, 9.17) is 4.74 Å². The average molecular weight is 343 g/mol. The average Bonchev–Trinajstić information content (AvgIpc) is 3.10. The number of aromatic nitrogens is 5. The Morgan fingerprint density at radius 1 is 1.32 bits per heavy atom. The third kappa shape index (κ3) is 2.63. The number of H-pyrrole nitrogens is 1. The maximum atomic E-state index is 12.6. The number of nitrogens with one attached hydrogen (secondary N) is 1. The van der Waals surface area contributed by atoms with Gasteiger partial charge in [-0.2, -0.15) is 5.10 Å². The first-order chi connectivity index (χ1) is 11.8. The zero-order valence-corrected chi connectivity index (χ0v) is 14.3. The lowest BCUT2D eigenvalue weighted by Gasteiger charge is -2.05. The van der Waals surface area contributed by atoms with Crippen LogP contribution in [0, 0.1) is 13.8 Å². The molecule has 0 fully saturated rings. The summed E-state index contributed by atoms with van der Waals surface area (Å²) in [6, 6.07) is 0. The molecular weight excluding hydrogens is 326 g/mol. The van der Waals surface area contributed by atoms with Crippen LogP contribution in [0.25, 0.3) is 11.0 Å². The van der Waals surface area contributed by atoms with Gasteiger partial charge in [0, 0.05) is 12.7 Å². The number of nitrogens with zero attached hydrogens (tertiary/aromatic N) is 4. The summed E-state index contributed by atoms with van der Waals surface area (Å²) in [5, 5.41) is 4.33. The van der Waals surface area contributed by atoms with Crippen molar-refractivity contribution < 1.29 is 14.3 Å². The van der Waals surface area contributed by atoms with E-state index in [0.29, 0.717) is 27.9 Å². The van der Waals surface area contributed by atoms with Crippen molar-refractivity contribution in [3.8, 4) is 0 Å². The lowest BCUT2D eigenvalue weighted by Crippen LogP contribution is -2.25. The second kappa shape index (κ2) is 6.00. The summed E-state index contributed by atoms with van der Waals surface area (Å²) in [6.45, 7) is 3.15. The summed E-state index contributed by atoms with van der Waals surface area (Å²) in [6.07, 6.45) is 2.74. The molecule has 0 amide bonds. The molecule has 0 radical (unpaired) electrons. The quantitative estimate of drug-likeness (QED) is 0.552. The summed E-state index contributed by atoms with van der Waals surface area (Å²) in [7, 11) is 2.97. The largest absolute Gasteiger partial charge is 0.465 e. The van der Waals surface area contributed by atoms with Crippen molar-refractivity contribution in [2.24, 2.45) is 7.05 Å². The zero-order chi connectivity index (χ0) is 18.3. The van der Waals surface area contributed by atoms with Gasteiger partial charge in [-0.3, -0.25) is 18.8 Å². The molecule has 0 saturated carbocycles. The molecule has 0 bridgehead atoms. The number of esters is 1. The van der Waals surface area contributed by atoms with E-state index in [9.17, 15) is 14.4 Å². The van der Waals surface area contributed by atoms with Gasteiger partial charge in [-0.05, 0) is 19.4 Å². The highest BCUT2D eigenvalue weighted by atomic mass is 16.5. The minimum Gasteiger partial charge on any atom is -0.465 e. The Kier molecular flexibility index (Phi) is 3.99. The maximum absolute atomic E-state index is 12.6. The molecular formula is C16H17N5O4. The van der Waals surface area contributed by atoms with E-state index >= 15 is 0 Å². The summed E-state index contributed by atoms with van der Waals surface area (Å²) >= 11 is 0. The number of methoxy groups -OCH3 is 1. The number of ether oxygens (including phenoxy) is 1. The van der Waals surface area contributed by atoms with Gasteiger partial charge in [0.2, 0.25) is 0 Å². The molecule has 3 aromatic heterocycles. The maximum Gasteiger partial charge on any atom is 0.339 e. The molecule has 9 nitrogen and oxygen atoms in total. The highest BCUT2D eigenvalue weighted by Crippen LogP contribution is 2.19. The van der Waals surface area contributed by atoms with Gasteiger partial charge in [0.05, 0.1) is 31.1 Å². The highest BCUT2D eigenvalue weighted by molar-refractivity contribution is 6.01. The Hall–Kier alpha value is -3.23. The van der Waals surface area contributed by atoms with Crippen LogP contribution in [-0.4, -0.2) is 43.2 Å². The standard InChI is InChI=1S/C16H17N5O4/c1-8-12(16(24)25-4)9(2)19-13(8)11(22)6-21-7-17-14-10(15(21)23)5-18-20(14)3/h5,7,19H,6H2,1-4H3. The van der Waals surface area contributed by atoms with Gasteiger partial charge < -0.3 is 9.72 Å². The van der Waals surface area contributed by atoms with Crippen LogP contribution in [-0.2, 0) is 18.3 Å². The van der Waals surface area contributed by atoms with Crippen molar-refractivity contribution in [2.45, 2.75) is 20.4 Å². The molecule has 0 aromatic carbocycles. The molecule has 0 aliphatic heterocycles. The molecule has 0 unspecified atom stereocenters. The SMILES string of the molecule is COC(=O)c1c(C)[nH]c(C(=O)Cn2cnc3c(cnn3C)c2=O)c1C. The van der Waals surface area contributed by atoms with Gasteiger partial charge in [0.25, 0.3) is 5.56 Å². The van der Waals surface area contributed by atoms with Gasteiger partial charge >= 0.3 is 5.97 Å². The normalized spacial score (nSPS) is 11.0. The molecule has 0 atom stereocenters. The minimum absolute atomic E-state index is 0.196. The first kappa shape index (κ1) is 16.6. The van der Waals surface area contributed by atoms with Crippen molar-refractivity contribution in [3.63, 3.8) is 0 Å². The van der Waals surface area contributed by atoms with Crippen molar-refractivity contribution in [2.75, 3.05) is 7.11 Å². The van der Waals surface area contributed by atoms with Crippen molar-refractivity contribution in [1.82, 2.24) is 24.3 Å². The van der Waals surface area contributed by atoms with Crippen LogP contribution in [0.4, 0.5) is 0 Å². The lowest BCUT2D eigenvalue weighted by molar-refractivity contribution is 0.0599. The topological polar surface area (TPSA) is 112 Å². The van der Waals surface area contributed by atoms with E-state index in [1.807, 2.05) is 0 Å². The van der Waals surface area contributed by atoms with Crippen LogP contribution in [0.15, 0.2) is 17.3 Å². The number of rotatable bonds is 4. The Morgan fingerprint density at radius 2 is 2.04 bits per heavy atom. The molecule has 130 valence electrons. The van der Waals surface area contributed by atoms with Crippen LogP contribution in [0.2, 0.25) is 0 Å². The summed E-state index contributed by atoms with van der Waals surface area (Å²) in [4.78, 5) is 44.0. The number of carbonyl (C=O) groups is 2. The van der Waals surface area contributed by atoms with Gasteiger partial charge in [0.15, 0.2) is 11.4 Å². The number of hydrogen-bond donors (Lipinski definition) is 1. The van der Waals surface area contributed by atoms with Gasteiger partial charge in [0.1, 0.15) is 11.7 Å². The Labute approximate surface area is 142 Å². The molecule has 0 saturated heterocycles. The molecule has 3 rings (SSSR count). The fraction of sp³-hybridized carbons (Fsp3) is 0.312. The smallest absolute Gasteiger partial charge is 0.339 e. The minimum atomic E-state index is -0.513. The third-order valence-corrected chi connectivity index (χ3v) is 4.14. The van der Waals surface area contributed by atoms with Gasteiger partial charge in [-0.1, -0.05) is 0 Å². The van der Waals surface area contributed by atoms with E-state index < -0.39 is 5.97 Å². The molecule has 25 heavy (non-hydrogen) atoms. The van der Waals surface area contributed by atoms with Crippen molar-refractivity contribution >= 4 is 22.8 Å². The third-order valence-electron chi connectivity index (χ3n) is 4.14. The number of Topliss-reactive ketones (excluding diaryl/α,β-unsaturated/α-hetero) is 1. The second-order valence-electron chi connectivity index (χ2n) is 5.72. The van der Waals surface area contributed by atoms with Gasteiger partial charge in [-0.15, -0.1) is 0 Å². The number of fused-ring (bicyclic) bond motifs is 1. The Balaban J connectivity index is 1.97. The molecule has 3 aromatic rings. The number of hydrogen-bond acceptors (Lipinski definition) is 6. The summed E-state index contributed by atoms with van der Waals surface area (Å²) < 4.78 is 7.45. The Morgan fingerprint density at radius 3 is 2.72 bits per heavy atom. The highest BCUT2D eigenvalue weighted by Gasteiger charge is 2.23. The first-order valence-corrected chi connectivity index (χ1v) is 7.53. The zero-order valence-electron chi connectivity index (χ0n) is 14.3. The number of aromatic amines is 1. The number of aryl methyl sites for hydroxylation is 2. The molecule has 9 heteroatoms. The lowest BCUT2D eigenvalue weighted by atomic mass is 10.1. The number of ketones is 1. The second-order valence-corrected chi connectivity index (χ2v) is 5.72. The molecule has 0 aliphatic rings. The predicted molar refractivity (Wildman–Crippen MR) is 88.7 cm³/mol. The van der Waals surface area contributed by atoms with Crippen LogP contribution < -0.4 is 5.56 Å². The van der Waals surface area contributed by atoms with Crippen molar-refractivity contribution in [3.05, 3.63) is 45.4 Å². The summed E-state index contributed by atoms with van der Waals surface area (Å²) in [5.41, 5.74) is 1.75. The van der Waals surface area contributed by atoms with Crippen LogP contribution in [0.1, 0.15) is 32.1 Å². The van der Waals surface area contributed by atoms with Gasteiger partial charge in [-0.25, -0.2) is 9.78 Å². The molecule has 3 heterocycles. The number of carbonyl (C=O) groups excluding carboxylic acids is 2. The molecule has 0 spiro atoms. The summed E-state index contributed by atoms with van der Waals surface area (Å²) in [5.74, 6) is -0.844. The monoisotopic (exact) mass is 343 g/mol. The molecule has 0 aliphatic carbocycles. The van der Waals surface area contributed by atoms with E-state index in [-0.39, 0.29) is 23.6 Å². The van der Waals surface area contributed by atoms with Crippen LogP contribution in [0.5, 0.6) is 0 Å².